The molecule has 0 spiro atoms. The molecule has 4 rings (SSSR count). The predicted molar refractivity (Wildman–Crippen MR) is 118 cm³/mol. The van der Waals surface area contributed by atoms with Crippen molar-refractivity contribution in [3.8, 4) is 5.75 Å². The Balaban J connectivity index is 1.45. The van der Waals surface area contributed by atoms with Gasteiger partial charge in [0, 0.05) is 42.7 Å². The monoisotopic (exact) mass is 426 g/mol. The summed E-state index contributed by atoms with van der Waals surface area (Å²) in [4.78, 5) is 29.6. The Morgan fingerprint density at radius 1 is 1.03 bits per heavy atom. The summed E-state index contributed by atoms with van der Waals surface area (Å²) in [6, 6.07) is 15.4. The molecule has 2 fully saturated rings. The summed E-state index contributed by atoms with van der Waals surface area (Å²) >= 11 is 6.03. The molecule has 2 amide bonds. The lowest BCUT2D eigenvalue weighted by molar-refractivity contribution is -0.135. The largest absolute Gasteiger partial charge is 0.497 e. The van der Waals surface area contributed by atoms with Crippen LogP contribution in [-0.2, 0) is 9.59 Å². The highest BCUT2D eigenvalue weighted by atomic mass is 35.5. The fourth-order valence-electron chi connectivity index (χ4n) is 4.49. The number of benzene rings is 2. The summed E-state index contributed by atoms with van der Waals surface area (Å²) in [5, 5.41) is 0.725. The summed E-state index contributed by atoms with van der Waals surface area (Å²) in [6.07, 6.45) is 3.43. The molecule has 2 atom stereocenters. The number of hydrogen-bond acceptors (Lipinski definition) is 3. The van der Waals surface area contributed by atoms with E-state index >= 15 is 0 Å². The molecule has 2 unspecified atom stereocenters. The first-order valence-electron chi connectivity index (χ1n) is 10.5. The third-order valence-electron chi connectivity index (χ3n) is 6.18. The molecule has 2 heterocycles. The molecule has 2 aliphatic heterocycles. The van der Waals surface area contributed by atoms with Gasteiger partial charge in [0.1, 0.15) is 5.75 Å². The first-order valence-corrected chi connectivity index (χ1v) is 10.9. The van der Waals surface area contributed by atoms with E-state index < -0.39 is 0 Å². The number of carbonyl (C=O) groups excluding carboxylic acids is 2. The van der Waals surface area contributed by atoms with E-state index in [4.69, 9.17) is 16.3 Å². The van der Waals surface area contributed by atoms with Gasteiger partial charge in [-0.1, -0.05) is 30.2 Å². The zero-order valence-electron chi connectivity index (χ0n) is 17.2. The predicted octanol–water partition coefficient (Wildman–Crippen LogP) is 4.50. The molecular formula is C24H27ClN2O3. The fourth-order valence-corrected chi connectivity index (χ4v) is 4.62. The Kier molecular flexibility index (Phi) is 6.28. The quantitative estimate of drug-likeness (QED) is 0.723. The van der Waals surface area contributed by atoms with Crippen LogP contribution in [0.4, 0.5) is 5.69 Å². The van der Waals surface area contributed by atoms with Crippen LogP contribution >= 0.6 is 11.6 Å². The lowest BCUT2D eigenvalue weighted by atomic mass is 9.94. The van der Waals surface area contributed by atoms with Crippen molar-refractivity contribution in [2.75, 3.05) is 31.6 Å². The second kappa shape index (κ2) is 9.09. The Morgan fingerprint density at radius 3 is 2.47 bits per heavy atom. The van der Waals surface area contributed by atoms with Gasteiger partial charge in [0.2, 0.25) is 11.8 Å². The molecule has 158 valence electrons. The van der Waals surface area contributed by atoms with Crippen LogP contribution in [0.1, 0.15) is 37.2 Å². The van der Waals surface area contributed by atoms with Crippen LogP contribution in [0.5, 0.6) is 5.75 Å². The molecule has 0 saturated carbocycles. The molecule has 2 aliphatic rings. The zero-order chi connectivity index (χ0) is 21.1. The number of likely N-dealkylation sites (tertiary alicyclic amines) is 1. The summed E-state index contributed by atoms with van der Waals surface area (Å²) in [6.45, 7) is 1.90. The molecule has 5 nitrogen and oxygen atoms in total. The van der Waals surface area contributed by atoms with E-state index in [1.165, 1.54) is 5.56 Å². The highest BCUT2D eigenvalue weighted by Crippen LogP contribution is 2.31. The van der Waals surface area contributed by atoms with Gasteiger partial charge >= 0.3 is 0 Å². The van der Waals surface area contributed by atoms with Crippen molar-refractivity contribution >= 4 is 29.1 Å². The van der Waals surface area contributed by atoms with E-state index in [1.807, 2.05) is 41.3 Å². The smallest absolute Gasteiger partial charge is 0.228 e. The van der Waals surface area contributed by atoms with Crippen LogP contribution in [-0.4, -0.2) is 43.5 Å². The normalized spacial score (nSPS) is 22.1. The van der Waals surface area contributed by atoms with E-state index in [0.717, 1.165) is 42.3 Å². The second-order valence-electron chi connectivity index (χ2n) is 8.13. The number of halogens is 1. The molecule has 0 radical (unpaired) electrons. The van der Waals surface area contributed by atoms with Gasteiger partial charge in [0.25, 0.3) is 0 Å². The summed E-state index contributed by atoms with van der Waals surface area (Å²) in [7, 11) is 1.61. The summed E-state index contributed by atoms with van der Waals surface area (Å²) < 4.78 is 5.19. The van der Waals surface area contributed by atoms with Gasteiger partial charge in [-0.2, -0.15) is 0 Å². The Hall–Kier alpha value is -2.53. The van der Waals surface area contributed by atoms with Crippen molar-refractivity contribution in [1.82, 2.24) is 4.90 Å². The minimum atomic E-state index is -0.288. The van der Waals surface area contributed by atoms with Gasteiger partial charge in [-0.3, -0.25) is 9.59 Å². The number of ether oxygens (including phenoxy) is 1. The van der Waals surface area contributed by atoms with E-state index in [-0.39, 0.29) is 24.2 Å². The van der Waals surface area contributed by atoms with Crippen LogP contribution in [0.25, 0.3) is 0 Å². The lowest BCUT2D eigenvalue weighted by Crippen LogP contribution is -2.39. The summed E-state index contributed by atoms with van der Waals surface area (Å²) in [5.74, 6) is 0.866. The molecule has 2 aromatic carbocycles. The third kappa shape index (κ3) is 4.46. The average molecular weight is 427 g/mol. The Morgan fingerprint density at radius 2 is 1.77 bits per heavy atom. The van der Waals surface area contributed by atoms with Crippen molar-refractivity contribution in [3.05, 3.63) is 59.1 Å². The highest BCUT2D eigenvalue weighted by Gasteiger charge is 2.38. The van der Waals surface area contributed by atoms with Gasteiger partial charge < -0.3 is 14.5 Å². The molecule has 2 saturated heterocycles. The number of rotatable bonds is 4. The molecular weight excluding hydrogens is 400 g/mol. The molecule has 30 heavy (non-hydrogen) atoms. The summed E-state index contributed by atoms with van der Waals surface area (Å²) in [5.41, 5.74) is 2.03. The van der Waals surface area contributed by atoms with Gasteiger partial charge in [-0.05, 0) is 54.8 Å². The SMILES string of the molecule is COc1ccc(N2CC(C(=O)N3CCCCC(c4ccc(Cl)cc4)C3)CC2=O)cc1. The molecule has 2 aromatic rings. The Labute approximate surface area is 182 Å². The number of anilines is 1. The number of hydrogen-bond donors (Lipinski definition) is 0. The van der Waals surface area contributed by atoms with Crippen LogP contribution < -0.4 is 9.64 Å². The van der Waals surface area contributed by atoms with Crippen molar-refractivity contribution in [2.24, 2.45) is 5.92 Å². The molecule has 0 bridgehead atoms. The third-order valence-corrected chi connectivity index (χ3v) is 6.43. The zero-order valence-corrected chi connectivity index (χ0v) is 18.0. The number of amides is 2. The second-order valence-corrected chi connectivity index (χ2v) is 8.57. The van der Waals surface area contributed by atoms with Gasteiger partial charge in [0.05, 0.1) is 13.0 Å². The lowest BCUT2D eigenvalue weighted by Gasteiger charge is -2.27. The number of carbonyl (C=O) groups is 2. The van der Waals surface area contributed by atoms with Crippen LogP contribution in [0.15, 0.2) is 48.5 Å². The van der Waals surface area contributed by atoms with Crippen LogP contribution in [0.3, 0.4) is 0 Å². The topological polar surface area (TPSA) is 49.9 Å². The first-order chi connectivity index (χ1) is 14.5. The molecule has 6 heteroatoms. The van der Waals surface area contributed by atoms with Gasteiger partial charge in [-0.15, -0.1) is 0 Å². The maximum Gasteiger partial charge on any atom is 0.228 e. The van der Waals surface area contributed by atoms with Crippen LogP contribution in [0, 0.1) is 5.92 Å². The molecule has 0 aliphatic carbocycles. The van der Waals surface area contributed by atoms with E-state index in [1.54, 1.807) is 12.0 Å². The van der Waals surface area contributed by atoms with Crippen molar-refractivity contribution in [1.29, 1.82) is 0 Å². The van der Waals surface area contributed by atoms with E-state index in [2.05, 4.69) is 12.1 Å². The van der Waals surface area contributed by atoms with Crippen molar-refractivity contribution in [2.45, 2.75) is 31.6 Å². The van der Waals surface area contributed by atoms with E-state index in [0.29, 0.717) is 19.0 Å². The van der Waals surface area contributed by atoms with E-state index in [9.17, 15) is 9.59 Å². The van der Waals surface area contributed by atoms with Crippen LogP contribution in [0.2, 0.25) is 5.02 Å². The fraction of sp³-hybridized carbons (Fsp3) is 0.417. The minimum absolute atomic E-state index is 0.00240. The van der Waals surface area contributed by atoms with Gasteiger partial charge in [0.15, 0.2) is 0 Å². The maximum atomic E-state index is 13.3. The van der Waals surface area contributed by atoms with Gasteiger partial charge in [-0.25, -0.2) is 0 Å². The number of nitrogens with zero attached hydrogens (tertiary/aromatic N) is 2. The van der Waals surface area contributed by atoms with Crippen molar-refractivity contribution in [3.63, 3.8) is 0 Å². The van der Waals surface area contributed by atoms with Crippen molar-refractivity contribution < 1.29 is 14.3 Å². The first kappa shape index (κ1) is 20.7. The Bertz CT molecular complexity index is 898. The minimum Gasteiger partial charge on any atom is -0.497 e. The number of methoxy groups -OCH3 is 1. The molecule has 0 N–H and O–H groups in total. The molecule has 0 aromatic heterocycles. The average Bonchev–Trinajstić information content (AvgIpc) is 2.99. The highest BCUT2D eigenvalue weighted by molar-refractivity contribution is 6.30. The standard InChI is InChI=1S/C24H27ClN2O3/c1-30-22-11-9-21(10-12-22)27-16-19(14-23(27)28)24(29)26-13-3-2-4-18(15-26)17-5-7-20(25)8-6-17/h5-12,18-19H,2-4,13-16H2,1H3. The maximum absolute atomic E-state index is 13.3.